The second kappa shape index (κ2) is 4.33. The highest BCUT2D eigenvalue weighted by Gasteiger charge is 2.23. The van der Waals surface area contributed by atoms with Crippen LogP contribution >= 0.6 is 11.3 Å². The number of morpholine rings is 1. The number of ether oxygens (including phenoxy) is 1. The van der Waals surface area contributed by atoms with E-state index in [9.17, 15) is 4.79 Å². The van der Waals surface area contributed by atoms with Crippen molar-refractivity contribution in [2.75, 3.05) is 19.7 Å². The number of nitrogens with zero attached hydrogens (tertiary/aromatic N) is 1. The van der Waals surface area contributed by atoms with Crippen molar-refractivity contribution >= 4 is 17.2 Å². The molecule has 0 aliphatic carbocycles. The SMILES string of the molecule is Cc1ccc(C(=O)N2CCOC(C)C2)s1. The summed E-state index contributed by atoms with van der Waals surface area (Å²) in [5.41, 5.74) is 0. The largest absolute Gasteiger partial charge is 0.375 e. The minimum atomic E-state index is 0.142. The number of rotatable bonds is 1. The molecule has 1 aromatic rings. The summed E-state index contributed by atoms with van der Waals surface area (Å²) in [7, 11) is 0. The molecule has 1 amide bonds. The third-order valence-electron chi connectivity index (χ3n) is 2.48. The topological polar surface area (TPSA) is 29.5 Å². The summed E-state index contributed by atoms with van der Waals surface area (Å²) in [6, 6.07) is 3.89. The lowest BCUT2D eigenvalue weighted by atomic mass is 10.3. The lowest BCUT2D eigenvalue weighted by Gasteiger charge is -2.30. The van der Waals surface area contributed by atoms with Crippen molar-refractivity contribution in [3.05, 3.63) is 21.9 Å². The van der Waals surface area contributed by atoms with Gasteiger partial charge in [0, 0.05) is 18.0 Å². The van der Waals surface area contributed by atoms with Gasteiger partial charge in [0.05, 0.1) is 17.6 Å². The molecule has 0 saturated carbocycles. The predicted molar refractivity (Wildman–Crippen MR) is 60.4 cm³/mol. The molecule has 15 heavy (non-hydrogen) atoms. The van der Waals surface area contributed by atoms with Gasteiger partial charge in [-0.3, -0.25) is 4.79 Å². The van der Waals surface area contributed by atoms with Crippen molar-refractivity contribution in [3.8, 4) is 0 Å². The summed E-state index contributed by atoms with van der Waals surface area (Å²) in [4.78, 5) is 15.9. The average molecular weight is 225 g/mol. The number of amides is 1. The quantitative estimate of drug-likeness (QED) is 0.730. The lowest BCUT2D eigenvalue weighted by molar-refractivity contribution is -0.0122. The predicted octanol–water partition coefficient (Wildman–Crippen LogP) is 1.92. The first kappa shape index (κ1) is 10.6. The normalized spacial score (nSPS) is 21.7. The highest BCUT2D eigenvalue weighted by Crippen LogP contribution is 2.18. The number of carbonyl (C=O) groups excluding carboxylic acids is 1. The van der Waals surface area contributed by atoms with Gasteiger partial charge in [-0.2, -0.15) is 0 Å². The number of aryl methyl sites for hydroxylation is 1. The number of carbonyl (C=O) groups is 1. The van der Waals surface area contributed by atoms with E-state index in [-0.39, 0.29) is 12.0 Å². The van der Waals surface area contributed by atoms with E-state index in [1.165, 1.54) is 4.88 Å². The van der Waals surface area contributed by atoms with Crippen LogP contribution in [0.1, 0.15) is 21.5 Å². The molecular weight excluding hydrogens is 210 g/mol. The second-order valence-electron chi connectivity index (χ2n) is 3.84. The van der Waals surface area contributed by atoms with Crippen LogP contribution in [0.3, 0.4) is 0 Å². The molecule has 0 radical (unpaired) electrons. The fourth-order valence-electron chi connectivity index (χ4n) is 1.71. The molecule has 1 aliphatic rings. The lowest BCUT2D eigenvalue weighted by Crippen LogP contribution is -2.44. The Bertz CT molecular complexity index is 361. The van der Waals surface area contributed by atoms with E-state index in [1.54, 1.807) is 11.3 Å². The Morgan fingerprint density at radius 3 is 3.00 bits per heavy atom. The zero-order valence-electron chi connectivity index (χ0n) is 9.03. The van der Waals surface area contributed by atoms with Crippen molar-refractivity contribution < 1.29 is 9.53 Å². The summed E-state index contributed by atoms with van der Waals surface area (Å²) in [5, 5.41) is 0. The van der Waals surface area contributed by atoms with Gasteiger partial charge < -0.3 is 9.64 Å². The van der Waals surface area contributed by atoms with Gasteiger partial charge in [-0.15, -0.1) is 11.3 Å². The Hall–Kier alpha value is -0.870. The summed E-state index contributed by atoms with van der Waals surface area (Å²) < 4.78 is 5.41. The maximum atomic E-state index is 12.0. The van der Waals surface area contributed by atoms with Crippen LogP contribution in [0.4, 0.5) is 0 Å². The van der Waals surface area contributed by atoms with Crippen LogP contribution < -0.4 is 0 Å². The first-order chi connectivity index (χ1) is 7.16. The maximum absolute atomic E-state index is 12.0. The molecule has 1 unspecified atom stereocenters. The van der Waals surface area contributed by atoms with E-state index >= 15 is 0 Å². The zero-order valence-corrected chi connectivity index (χ0v) is 9.84. The van der Waals surface area contributed by atoms with Crippen molar-refractivity contribution in [3.63, 3.8) is 0 Å². The first-order valence-corrected chi connectivity index (χ1v) is 5.96. The fourth-order valence-corrected chi connectivity index (χ4v) is 2.54. The minimum Gasteiger partial charge on any atom is -0.375 e. The smallest absolute Gasteiger partial charge is 0.264 e. The minimum absolute atomic E-state index is 0.142. The summed E-state index contributed by atoms with van der Waals surface area (Å²) in [6.45, 7) is 6.08. The molecule has 0 bridgehead atoms. The van der Waals surface area contributed by atoms with Gasteiger partial charge in [-0.05, 0) is 26.0 Å². The van der Waals surface area contributed by atoms with Gasteiger partial charge in [-0.1, -0.05) is 0 Å². The maximum Gasteiger partial charge on any atom is 0.264 e. The molecule has 82 valence electrons. The second-order valence-corrected chi connectivity index (χ2v) is 5.13. The molecule has 1 aliphatic heterocycles. The van der Waals surface area contributed by atoms with Gasteiger partial charge in [0.2, 0.25) is 0 Å². The van der Waals surface area contributed by atoms with E-state index in [4.69, 9.17) is 4.74 Å². The Labute approximate surface area is 93.7 Å². The highest BCUT2D eigenvalue weighted by atomic mass is 32.1. The standard InChI is InChI=1S/C11H15NO2S/c1-8-7-12(5-6-14-8)11(13)10-4-3-9(2)15-10/h3-4,8H,5-7H2,1-2H3. The number of thiophene rings is 1. The molecule has 0 spiro atoms. The van der Waals surface area contributed by atoms with E-state index in [1.807, 2.05) is 30.9 Å². The third kappa shape index (κ3) is 2.38. The Kier molecular flexibility index (Phi) is 3.07. The van der Waals surface area contributed by atoms with Crippen LogP contribution in [-0.4, -0.2) is 36.6 Å². The molecular formula is C11H15NO2S. The van der Waals surface area contributed by atoms with Crippen LogP contribution in [0.15, 0.2) is 12.1 Å². The van der Waals surface area contributed by atoms with Crippen LogP contribution in [-0.2, 0) is 4.74 Å². The van der Waals surface area contributed by atoms with Crippen LogP contribution in [0, 0.1) is 6.92 Å². The van der Waals surface area contributed by atoms with Crippen molar-refractivity contribution in [1.29, 1.82) is 0 Å². The zero-order chi connectivity index (χ0) is 10.8. The van der Waals surface area contributed by atoms with E-state index < -0.39 is 0 Å². The molecule has 4 heteroatoms. The molecule has 2 heterocycles. The first-order valence-electron chi connectivity index (χ1n) is 5.14. The van der Waals surface area contributed by atoms with E-state index in [2.05, 4.69) is 0 Å². The van der Waals surface area contributed by atoms with Gasteiger partial charge in [0.15, 0.2) is 0 Å². The summed E-state index contributed by atoms with van der Waals surface area (Å²) in [5.74, 6) is 0.142. The fraction of sp³-hybridized carbons (Fsp3) is 0.545. The van der Waals surface area contributed by atoms with Crippen LogP contribution in [0.25, 0.3) is 0 Å². The highest BCUT2D eigenvalue weighted by molar-refractivity contribution is 7.13. The van der Waals surface area contributed by atoms with Crippen LogP contribution in [0.2, 0.25) is 0 Å². The van der Waals surface area contributed by atoms with Gasteiger partial charge in [0.1, 0.15) is 0 Å². The van der Waals surface area contributed by atoms with Crippen molar-refractivity contribution in [2.45, 2.75) is 20.0 Å². The average Bonchev–Trinajstić information content (AvgIpc) is 2.64. The monoisotopic (exact) mass is 225 g/mol. The molecule has 0 N–H and O–H groups in total. The van der Waals surface area contributed by atoms with Gasteiger partial charge in [-0.25, -0.2) is 0 Å². The van der Waals surface area contributed by atoms with Gasteiger partial charge in [0.25, 0.3) is 5.91 Å². The van der Waals surface area contributed by atoms with Crippen molar-refractivity contribution in [1.82, 2.24) is 4.90 Å². The number of hydrogen-bond acceptors (Lipinski definition) is 3. The number of hydrogen-bond donors (Lipinski definition) is 0. The van der Waals surface area contributed by atoms with E-state index in [0.717, 1.165) is 4.88 Å². The molecule has 0 aromatic carbocycles. The molecule has 1 saturated heterocycles. The molecule has 1 aromatic heterocycles. The third-order valence-corrected chi connectivity index (χ3v) is 3.47. The van der Waals surface area contributed by atoms with Gasteiger partial charge >= 0.3 is 0 Å². The Morgan fingerprint density at radius 1 is 1.60 bits per heavy atom. The van der Waals surface area contributed by atoms with Crippen molar-refractivity contribution in [2.24, 2.45) is 0 Å². The molecule has 1 atom stereocenters. The Balaban J connectivity index is 2.07. The summed E-state index contributed by atoms with van der Waals surface area (Å²) >= 11 is 1.56. The molecule has 3 nitrogen and oxygen atoms in total. The molecule has 1 fully saturated rings. The molecule has 2 rings (SSSR count). The van der Waals surface area contributed by atoms with Crippen LogP contribution in [0.5, 0.6) is 0 Å². The summed E-state index contributed by atoms with van der Waals surface area (Å²) in [6.07, 6.45) is 0.156. The Morgan fingerprint density at radius 2 is 2.40 bits per heavy atom. The van der Waals surface area contributed by atoms with E-state index in [0.29, 0.717) is 19.7 Å².